The highest BCUT2D eigenvalue weighted by molar-refractivity contribution is 6.08. The second-order valence-electron chi connectivity index (χ2n) is 4.29. The Morgan fingerprint density at radius 1 is 1.14 bits per heavy atom. The predicted octanol–water partition coefficient (Wildman–Crippen LogP) is 3.58. The highest BCUT2D eigenvalue weighted by Gasteiger charge is 2.02. The van der Waals surface area contributed by atoms with E-state index in [0.29, 0.717) is 6.10 Å². The van der Waals surface area contributed by atoms with Crippen molar-refractivity contribution in [2.75, 3.05) is 6.61 Å². The van der Waals surface area contributed by atoms with Gasteiger partial charge in [-0.25, -0.2) is 0 Å². The summed E-state index contributed by atoms with van der Waals surface area (Å²) in [6, 6.07) is 0. The van der Waals surface area contributed by atoms with Crippen LogP contribution in [0.15, 0.2) is 0 Å². The molecule has 0 aliphatic carbocycles. The molecule has 2 heteroatoms. The van der Waals surface area contributed by atoms with E-state index in [0.717, 1.165) is 25.3 Å². The van der Waals surface area contributed by atoms with Gasteiger partial charge in [-0.2, -0.15) is 0 Å². The monoisotopic (exact) mass is 196 g/mol. The number of hydrogen-bond donors (Lipinski definition) is 0. The Morgan fingerprint density at radius 2 is 1.86 bits per heavy atom. The van der Waals surface area contributed by atoms with Gasteiger partial charge in [-0.05, 0) is 32.1 Å². The van der Waals surface area contributed by atoms with E-state index in [1.165, 1.54) is 25.7 Å². The Bertz CT molecular complexity index is 103. The summed E-state index contributed by atoms with van der Waals surface area (Å²) < 4.78 is 5.68. The first-order valence-corrected chi connectivity index (χ1v) is 6.02. The fourth-order valence-electron chi connectivity index (χ4n) is 1.64. The summed E-state index contributed by atoms with van der Waals surface area (Å²) in [4.78, 5) is 0. The molecule has 2 atom stereocenters. The topological polar surface area (TPSA) is 9.23 Å². The molecule has 0 aromatic carbocycles. The summed E-state index contributed by atoms with van der Waals surface area (Å²) in [7, 11) is 5.49. The van der Waals surface area contributed by atoms with Gasteiger partial charge in [0.15, 0.2) is 0 Å². The molecular formula is C12H25BO. The lowest BCUT2D eigenvalue weighted by Gasteiger charge is -2.13. The molecule has 0 rings (SSSR count). The summed E-state index contributed by atoms with van der Waals surface area (Å²) in [6.45, 7) is 7.54. The Kier molecular flexibility index (Phi) is 9.59. The van der Waals surface area contributed by atoms with E-state index in [1.807, 2.05) is 0 Å². The zero-order valence-electron chi connectivity index (χ0n) is 10.1. The molecular weight excluding hydrogens is 171 g/mol. The Labute approximate surface area is 91.0 Å². The molecule has 0 N–H and O–H groups in total. The lowest BCUT2D eigenvalue weighted by molar-refractivity contribution is 0.0555. The molecule has 0 heterocycles. The van der Waals surface area contributed by atoms with Crippen LogP contribution < -0.4 is 0 Å². The lowest BCUT2D eigenvalue weighted by atomic mass is 9.92. The minimum Gasteiger partial charge on any atom is -0.379 e. The van der Waals surface area contributed by atoms with Gasteiger partial charge in [0.05, 0.1) is 14.0 Å². The van der Waals surface area contributed by atoms with Gasteiger partial charge in [0, 0.05) is 6.61 Å². The SMILES string of the molecule is [B]CCC(C)CCCOC(C)CCC. The molecule has 14 heavy (non-hydrogen) atoms. The molecule has 1 nitrogen and oxygen atoms in total. The molecule has 2 unspecified atom stereocenters. The van der Waals surface area contributed by atoms with Gasteiger partial charge in [0.2, 0.25) is 0 Å². The molecule has 0 fully saturated rings. The van der Waals surface area contributed by atoms with Gasteiger partial charge in [0.1, 0.15) is 0 Å². The fraction of sp³-hybridized carbons (Fsp3) is 1.00. The van der Waals surface area contributed by atoms with Crippen LogP contribution in [0.4, 0.5) is 0 Å². The van der Waals surface area contributed by atoms with E-state index in [4.69, 9.17) is 12.6 Å². The lowest BCUT2D eigenvalue weighted by Crippen LogP contribution is -2.09. The Hall–Kier alpha value is 0.0249. The zero-order valence-corrected chi connectivity index (χ0v) is 10.1. The average molecular weight is 196 g/mol. The van der Waals surface area contributed by atoms with E-state index in [1.54, 1.807) is 0 Å². The smallest absolute Gasteiger partial charge is 0.0653 e. The van der Waals surface area contributed by atoms with Crippen LogP contribution in [0.5, 0.6) is 0 Å². The van der Waals surface area contributed by atoms with Crippen molar-refractivity contribution in [3.63, 3.8) is 0 Å². The summed E-state index contributed by atoms with van der Waals surface area (Å²) in [6.07, 6.45) is 7.21. The summed E-state index contributed by atoms with van der Waals surface area (Å²) in [5, 5.41) is 0. The third-order valence-corrected chi connectivity index (χ3v) is 2.60. The van der Waals surface area contributed by atoms with Crippen molar-refractivity contribution in [1.82, 2.24) is 0 Å². The molecule has 0 aromatic rings. The van der Waals surface area contributed by atoms with Gasteiger partial charge >= 0.3 is 0 Å². The number of hydrogen-bond acceptors (Lipinski definition) is 1. The standard InChI is InChI=1S/C12H25BO/c1-4-6-12(3)14-10-5-7-11(2)8-9-13/h11-12H,4-10H2,1-3H3. The van der Waals surface area contributed by atoms with Crippen molar-refractivity contribution >= 4 is 7.85 Å². The maximum Gasteiger partial charge on any atom is 0.0653 e. The second-order valence-corrected chi connectivity index (χ2v) is 4.29. The van der Waals surface area contributed by atoms with Crippen LogP contribution in [-0.2, 0) is 4.74 Å². The normalized spacial score (nSPS) is 15.4. The highest BCUT2D eigenvalue weighted by atomic mass is 16.5. The van der Waals surface area contributed by atoms with E-state index >= 15 is 0 Å². The van der Waals surface area contributed by atoms with E-state index in [-0.39, 0.29) is 0 Å². The van der Waals surface area contributed by atoms with Gasteiger partial charge in [-0.15, -0.1) is 0 Å². The van der Waals surface area contributed by atoms with Crippen molar-refractivity contribution in [3.8, 4) is 0 Å². The largest absolute Gasteiger partial charge is 0.379 e. The zero-order chi connectivity index (χ0) is 10.8. The first-order valence-electron chi connectivity index (χ1n) is 6.02. The molecule has 0 aromatic heterocycles. The molecule has 82 valence electrons. The summed E-state index contributed by atoms with van der Waals surface area (Å²) >= 11 is 0. The first kappa shape index (κ1) is 14.0. The van der Waals surface area contributed by atoms with E-state index < -0.39 is 0 Å². The van der Waals surface area contributed by atoms with Gasteiger partial charge in [-0.3, -0.25) is 0 Å². The summed E-state index contributed by atoms with van der Waals surface area (Å²) in [5.41, 5.74) is 0. The fourth-order valence-corrected chi connectivity index (χ4v) is 1.64. The minimum atomic E-state index is 0.435. The van der Waals surface area contributed by atoms with Crippen LogP contribution >= 0.6 is 0 Å². The van der Waals surface area contributed by atoms with Gasteiger partial charge < -0.3 is 4.74 Å². The molecule has 0 aliphatic rings. The van der Waals surface area contributed by atoms with Crippen LogP contribution in [0.25, 0.3) is 0 Å². The van der Waals surface area contributed by atoms with Gasteiger partial charge in [-0.1, -0.05) is 33.0 Å². The minimum absolute atomic E-state index is 0.435. The van der Waals surface area contributed by atoms with Crippen molar-refractivity contribution < 1.29 is 4.74 Å². The molecule has 0 saturated carbocycles. The first-order chi connectivity index (χ1) is 6.70. The van der Waals surface area contributed by atoms with Crippen LogP contribution in [0, 0.1) is 5.92 Å². The third kappa shape index (κ3) is 8.62. The second kappa shape index (κ2) is 9.58. The third-order valence-electron chi connectivity index (χ3n) is 2.60. The van der Waals surface area contributed by atoms with Crippen molar-refractivity contribution in [1.29, 1.82) is 0 Å². The van der Waals surface area contributed by atoms with Crippen LogP contribution in [0.2, 0.25) is 6.32 Å². The number of rotatable bonds is 9. The maximum absolute atomic E-state index is 5.68. The number of ether oxygens (including phenoxy) is 1. The average Bonchev–Trinajstić information content (AvgIpc) is 2.13. The highest BCUT2D eigenvalue weighted by Crippen LogP contribution is 2.12. The van der Waals surface area contributed by atoms with E-state index in [2.05, 4.69) is 20.8 Å². The van der Waals surface area contributed by atoms with Crippen molar-refractivity contribution in [2.24, 2.45) is 5.92 Å². The Morgan fingerprint density at radius 3 is 2.43 bits per heavy atom. The van der Waals surface area contributed by atoms with Crippen molar-refractivity contribution in [3.05, 3.63) is 0 Å². The maximum atomic E-state index is 5.68. The molecule has 0 bridgehead atoms. The van der Waals surface area contributed by atoms with Crippen molar-refractivity contribution in [2.45, 2.75) is 65.3 Å². The molecule has 0 aliphatic heterocycles. The molecule has 0 spiro atoms. The molecule has 2 radical (unpaired) electrons. The summed E-state index contributed by atoms with van der Waals surface area (Å²) in [5.74, 6) is 0.755. The van der Waals surface area contributed by atoms with Crippen LogP contribution in [0.1, 0.15) is 52.9 Å². The van der Waals surface area contributed by atoms with Crippen LogP contribution in [-0.4, -0.2) is 20.6 Å². The van der Waals surface area contributed by atoms with Gasteiger partial charge in [0.25, 0.3) is 0 Å². The Balaban J connectivity index is 3.19. The molecule has 0 saturated heterocycles. The quantitative estimate of drug-likeness (QED) is 0.404. The predicted molar refractivity (Wildman–Crippen MR) is 63.9 cm³/mol. The molecule has 0 amide bonds. The van der Waals surface area contributed by atoms with Crippen LogP contribution in [0.3, 0.4) is 0 Å². The van der Waals surface area contributed by atoms with E-state index in [9.17, 15) is 0 Å².